The van der Waals surface area contributed by atoms with Crippen LogP contribution >= 0.6 is 0 Å². The smallest absolute Gasteiger partial charge is 0.417 e. The molecule has 1 heterocycles. The van der Waals surface area contributed by atoms with E-state index < -0.39 is 17.3 Å². The molecule has 0 spiro atoms. The van der Waals surface area contributed by atoms with E-state index in [0.29, 0.717) is 5.75 Å². The van der Waals surface area contributed by atoms with E-state index in [9.17, 15) is 13.2 Å². The highest BCUT2D eigenvalue weighted by Crippen LogP contribution is 2.34. The van der Waals surface area contributed by atoms with Crippen LogP contribution in [-0.2, 0) is 6.18 Å². The Morgan fingerprint density at radius 3 is 2.28 bits per heavy atom. The third kappa shape index (κ3) is 4.52. The number of nitriles is 1. The third-order valence-corrected chi connectivity index (χ3v) is 4.75. The summed E-state index contributed by atoms with van der Waals surface area (Å²) in [5, 5.41) is 10.1. The summed E-state index contributed by atoms with van der Waals surface area (Å²) in [5.74, 6) is 0.611. The molecule has 0 unspecified atom stereocenters. The van der Waals surface area contributed by atoms with Gasteiger partial charge in [-0.2, -0.15) is 18.4 Å². The van der Waals surface area contributed by atoms with E-state index in [0.717, 1.165) is 34.3 Å². The van der Waals surface area contributed by atoms with Crippen LogP contribution in [0.5, 0.6) is 11.5 Å². The van der Waals surface area contributed by atoms with E-state index in [-0.39, 0.29) is 5.75 Å². The van der Waals surface area contributed by atoms with E-state index in [2.05, 4.69) is 6.58 Å². The van der Waals surface area contributed by atoms with Gasteiger partial charge in [0.15, 0.2) is 0 Å². The first-order valence-electron chi connectivity index (χ1n) is 10.0. The maximum atomic E-state index is 12.9. The second-order valence-corrected chi connectivity index (χ2v) is 6.58. The van der Waals surface area contributed by atoms with E-state index in [1.54, 1.807) is 18.2 Å². The lowest BCUT2D eigenvalue weighted by molar-refractivity contribution is -0.137. The minimum atomic E-state index is -4.59. The molecule has 0 aliphatic carbocycles. The summed E-state index contributed by atoms with van der Waals surface area (Å²) in [7, 11) is 0. The lowest BCUT2D eigenvalue weighted by Gasteiger charge is -2.12. The second kappa shape index (κ2) is 9.44. The fraction of sp³-hybridized carbons (Fsp3) is 0.115. The molecule has 4 aromatic rings. The van der Waals surface area contributed by atoms with Crippen molar-refractivity contribution in [2.75, 3.05) is 0 Å². The molecule has 6 heteroatoms. The lowest BCUT2D eigenvalue weighted by atomic mass is 10.1. The van der Waals surface area contributed by atoms with E-state index in [1.807, 2.05) is 67.1 Å². The Balaban J connectivity index is 0.00000141. The van der Waals surface area contributed by atoms with Crippen LogP contribution in [0, 0.1) is 11.3 Å². The molecular formula is C26H21F3N2O. The van der Waals surface area contributed by atoms with Crippen LogP contribution in [0.1, 0.15) is 30.5 Å². The molecular weight excluding hydrogens is 413 g/mol. The summed E-state index contributed by atoms with van der Waals surface area (Å²) in [5.41, 5.74) is 1.52. The monoisotopic (exact) mass is 434 g/mol. The van der Waals surface area contributed by atoms with Crippen molar-refractivity contribution in [3.05, 3.63) is 96.2 Å². The molecule has 3 nitrogen and oxygen atoms in total. The summed E-state index contributed by atoms with van der Waals surface area (Å²) >= 11 is 0. The fourth-order valence-electron chi connectivity index (χ4n) is 3.33. The van der Waals surface area contributed by atoms with Gasteiger partial charge in [-0.15, -0.1) is 0 Å². The molecule has 0 fully saturated rings. The first-order valence-corrected chi connectivity index (χ1v) is 10.0. The predicted octanol–water partition coefficient (Wildman–Crippen LogP) is 7.98. The molecule has 32 heavy (non-hydrogen) atoms. The summed E-state index contributed by atoms with van der Waals surface area (Å²) < 4.78 is 46.5. The van der Waals surface area contributed by atoms with Crippen LogP contribution in [0.25, 0.3) is 22.7 Å². The quantitative estimate of drug-likeness (QED) is 0.326. The Kier molecular flexibility index (Phi) is 6.70. The van der Waals surface area contributed by atoms with Crippen molar-refractivity contribution >= 4 is 17.0 Å². The zero-order chi connectivity index (χ0) is 23.3. The maximum Gasteiger partial charge on any atom is 0.417 e. The minimum absolute atomic E-state index is 0.161. The zero-order valence-electron chi connectivity index (χ0n) is 17.6. The van der Waals surface area contributed by atoms with Crippen molar-refractivity contribution in [3.63, 3.8) is 0 Å². The first kappa shape index (κ1) is 22.7. The molecule has 0 aliphatic rings. The van der Waals surface area contributed by atoms with E-state index >= 15 is 0 Å². The number of fused-ring (bicyclic) bond motifs is 1. The average Bonchev–Trinajstić information content (AvgIpc) is 3.24. The van der Waals surface area contributed by atoms with Gasteiger partial charge in [0.25, 0.3) is 0 Å². The molecule has 0 radical (unpaired) electrons. The van der Waals surface area contributed by atoms with Crippen LogP contribution in [0.4, 0.5) is 13.2 Å². The standard InChI is InChI=1S/C24H15F3N2O.C2H6/c1-2-16-4-3-5-23-21(16)12-13-29(23)18-6-8-19(9-7-18)30-20-10-11-22(24(25,26)27)17(14-20)15-28;1-2/h2-14H,1H2;1-2H3. The molecule has 0 aliphatic heterocycles. The lowest BCUT2D eigenvalue weighted by Crippen LogP contribution is -2.07. The Morgan fingerprint density at radius 2 is 1.66 bits per heavy atom. The number of nitrogens with zero attached hydrogens (tertiary/aromatic N) is 2. The minimum Gasteiger partial charge on any atom is -0.457 e. The topological polar surface area (TPSA) is 38.0 Å². The van der Waals surface area contributed by atoms with Crippen molar-refractivity contribution in [1.29, 1.82) is 5.26 Å². The van der Waals surface area contributed by atoms with Gasteiger partial charge >= 0.3 is 6.18 Å². The Bertz CT molecular complexity index is 1280. The SMILES string of the molecule is C=Cc1cccc2c1ccn2-c1ccc(Oc2ccc(C(F)(F)F)c(C#N)c2)cc1.CC. The number of ether oxygens (including phenoxy) is 1. The Hall–Kier alpha value is -3.98. The third-order valence-electron chi connectivity index (χ3n) is 4.75. The van der Waals surface area contributed by atoms with Crippen LogP contribution in [0.3, 0.4) is 0 Å². The number of hydrogen-bond donors (Lipinski definition) is 0. The van der Waals surface area contributed by atoms with Crippen LogP contribution in [0.2, 0.25) is 0 Å². The van der Waals surface area contributed by atoms with Crippen LogP contribution < -0.4 is 4.74 Å². The summed E-state index contributed by atoms with van der Waals surface area (Å²) in [6.07, 6.45) is -0.817. The highest BCUT2D eigenvalue weighted by molar-refractivity contribution is 5.90. The normalized spacial score (nSPS) is 10.8. The van der Waals surface area contributed by atoms with Gasteiger partial charge in [0, 0.05) is 17.3 Å². The Morgan fingerprint density at radius 1 is 0.969 bits per heavy atom. The van der Waals surface area contributed by atoms with Crippen molar-refractivity contribution in [2.45, 2.75) is 20.0 Å². The van der Waals surface area contributed by atoms with Crippen LogP contribution in [-0.4, -0.2) is 4.57 Å². The number of aromatic nitrogens is 1. The van der Waals surface area contributed by atoms with Crippen molar-refractivity contribution in [3.8, 4) is 23.3 Å². The molecule has 0 bridgehead atoms. The number of benzene rings is 3. The van der Waals surface area contributed by atoms with Crippen molar-refractivity contribution < 1.29 is 17.9 Å². The molecule has 0 saturated heterocycles. The van der Waals surface area contributed by atoms with Crippen LogP contribution in [0.15, 0.2) is 79.5 Å². The van der Waals surface area contributed by atoms with Crippen molar-refractivity contribution in [1.82, 2.24) is 4.57 Å². The molecule has 1 aromatic heterocycles. The molecule has 0 N–H and O–H groups in total. The van der Waals surface area contributed by atoms with Gasteiger partial charge in [-0.3, -0.25) is 0 Å². The number of rotatable bonds is 4. The highest BCUT2D eigenvalue weighted by Gasteiger charge is 2.33. The first-order chi connectivity index (χ1) is 15.4. The molecule has 0 saturated carbocycles. The predicted molar refractivity (Wildman–Crippen MR) is 121 cm³/mol. The summed E-state index contributed by atoms with van der Waals surface area (Å²) in [6, 6.07) is 19.9. The van der Waals surface area contributed by atoms with Gasteiger partial charge in [-0.1, -0.05) is 38.6 Å². The van der Waals surface area contributed by atoms with Gasteiger partial charge in [0.05, 0.1) is 22.7 Å². The molecule has 3 aromatic carbocycles. The number of halogens is 3. The summed E-state index contributed by atoms with van der Waals surface area (Å²) in [6.45, 7) is 7.84. The fourth-order valence-corrected chi connectivity index (χ4v) is 3.33. The number of hydrogen-bond acceptors (Lipinski definition) is 2. The van der Waals surface area contributed by atoms with Crippen molar-refractivity contribution in [2.24, 2.45) is 0 Å². The maximum absolute atomic E-state index is 12.9. The largest absolute Gasteiger partial charge is 0.457 e. The number of alkyl halides is 3. The highest BCUT2D eigenvalue weighted by atomic mass is 19.4. The molecule has 162 valence electrons. The van der Waals surface area contributed by atoms with E-state index in [4.69, 9.17) is 10.00 Å². The second-order valence-electron chi connectivity index (χ2n) is 6.58. The Labute approximate surface area is 184 Å². The van der Waals surface area contributed by atoms with Gasteiger partial charge in [0.2, 0.25) is 0 Å². The van der Waals surface area contributed by atoms with Gasteiger partial charge in [-0.05, 0) is 60.2 Å². The summed E-state index contributed by atoms with van der Waals surface area (Å²) in [4.78, 5) is 0. The van der Waals surface area contributed by atoms with Gasteiger partial charge in [-0.25, -0.2) is 0 Å². The zero-order valence-corrected chi connectivity index (χ0v) is 17.6. The molecule has 0 amide bonds. The van der Waals surface area contributed by atoms with Gasteiger partial charge < -0.3 is 9.30 Å². The molecule has 4 rings (SSSR count). The molecule has 0 atom stereocenters. The van der Waals surface area contributed by atoms with Gasteiger partial charge in [0.1, 0.15) is 11.5 Å². The average molecular weight is 434 g/mol. The van der Waals surface area contributed by atoms with E-state index in [1.165, 1.54) is 6.07 Å².